The zero-order valence-electron chi connectivity index (χ0n) is 20.2. The molecule has 0 N–H and O–H groups in total. The Morgan fingerprint density at radius 2 is 1.66 bits per heavy atom. The van der Waals surface area contributed by atoms with Gasteiger partial charge in [-0.05, 0) is 73.2 Å². The van der Waals surface area contributed by atoms with Crippen LogP contribution in [0.1, 0.15) is 93.3 Å². The van der Waals surface area contributed by atoms with Gasteiger partial charge >= 0.3 is 5.97 Å². The molecule has 0 radical (unpaired) electrons. The number of benzene rings is 2. The Morgan fingerprint density at radius 3 is 2.38 bits per heavy atom. The maximum atomic E-state index is 11.8. The third-order valence-corrected chi connectivity index (χ3v) is 6.35. The van der Waals surface area contributed by atoms with E-state index in [2.05, 4.69) is 55.7 Å². The molecule has 0 saturated carbocycles. The largest absolute Gasteiger partial charge is 0.462 e. The van der Waals surface area contributed by atoms with E-state index in [0.717, 1.165) is 24.2 Å². The van der Waals surface area contributed by atoms with Crippen LogP contribution in [0.25, 0.3) is 0 Å². The quantitative estimate of drug-likeness (QED) is 0.264. The summed E-state index contributed by atoms with van der Waals surface area (Å²) in [6.45, 7) is 11.4. The number of esters is 1. The average molecular weight is 432 g/mol. The smallest absolute Gasteiger partial charge is 0.338 e. The molecule has 1 aliphatic rings. The summed E-state index contributed by atoms with van der Waals surface area (Å²) in [6.07, 6.45) is 7.74. The van der Waals surface area contributed by atoms with Gasteiger partial charge in [-0.2, -0.15) is 0 Å². The summed E-state index contributed by atoms with van der Waals surface area (Å²) in [4.78, 5) is 14.4. The van der Waals surface area contributed by atoms with Gasteiger partial charge in [0.05, 0.1) is 12.2 Å². The molecule has 0 aromatic heterocycles. The fourth-order valence-corrected chi connectivity index (χ4v) is 4.29. The molecule has 0 bridgehead atoms. The number of hydrogen-bond donors (Lipinski definition) is 0. The van der Waals surface area contributed by atoms with Crippen LogP contribution in [0.5, 0.6) is 0 Å². The first-order valence-corrected chi connectivity index (χ1v) is 12.1. The summed E-state index contributed by atoms with van der Waals surface area (Å²) in [5, 5.41) is 0. The third-order valence-electron chi connectivity index (χ3n) is 6.35. The molecule has 0 spiro atoms. The summed E-state index contributed by atoms with van der Waals surface area (Å²) in [5.41, 5.74) is 5.43. The summed E-state index contributed by atoms with van der Waals surface area (Å²) in [7, 11) is 0. The minimum absolute atomic E-state index is 0.160. The number of ether oxygens (including phenoxy) is 1. The van der Waals surface area contributed by atoms with Crippen molar-refractivity contribution in [1.82, 2.24) is 0 Å². The van der Waals surface area contributed by atoms with E-state index in [1.807, 2.05) is 19.1 Å². The topological polar surface area (TPSA) is 29.5 Å². The van der Waals surface area contributed by atoms with Crippen LogP contribution in [0.15, 0.2) is 42.5 Å². The van der Waals surface area contributed by atoms with Gasteiger partial charge in [0.15, 0.2) is 0 Å². The van der Waals surface area contributed by atoms with Gasteiger partial charge in [-0.25, -0.2) is 4.79 Å². The van der Waals surface area contributed by atoms with Crippen molar-refractivity contribution in [2.24, 2.45) is 0 Å². The Morgan fingerprint density at radius 1 is 0.969 bits per heavy atom. The lowest BCUT2D eigenvalue weighted by Crippen LogP contribution is -2.37. The van der Waals surface area contributed by atoms with E-state index >= 15 is 0 Å². The summed E-state index contributed by atoms with van der Waals surface area (Å²) >= 11 is 0. The molecule has 3 rings (SSSR count). The molecule has 0 aliphatic carbocycles. The zero-order chi connectivity index (χ0) is 23.0. The fraction of sp³-hybridized carbons (Fsp3) is 0.483. The lowest BCUT2D eigenvalue weighted by Gasteiger charge is -2.40. The van der Waals surface area contributed by atoms with Crippen molar-refractivity contribution in [3.63, 3.8) is 0 Å². The fourth-order valence-electron chi connectivity index (χ4n) is 4.29. The van der Waals surface area contributed by atoms with Crippen molar-refractivity contribution in [2.75, 3.05) is 24.6 Å². The van der Waals surface area contributed by atoms with Gasteiger partial charge in [0, 0.05) is 29.9 Å². The van der Waals surface area contributed by atoms with Crippen LogP contribution in [0.3, 0.4) is 0 Å². The van der Waals surface area contributed by atoms with Gasteiger partial charge < -0.3 is 9.64 Å². The lowest BCUT2D eigenvalue weighted by atomic mass is 9.77. The summed E-state index contributed by atoms with van der Waals surface area (Å²) < 4.78 is 5.04. The summed E-state index contributed by atoms with van der Waals surface area (Å²) in [5.74, 6) is 6.27. The van der Waals surface area contributed by atoms with Gasteiger partial charge in [0.1, 0.15) is 0 Å². The van der Waals surface area contributed by atoms with Gasteiger partial charge in [-0.15, -0.1) is 0 Å². The number of nitrogens with zero attached hydrogens (tertiary/aromatic N) is 1. The monoisotopic (exact) mass is 431 g/mol. The van der Waals surface area contributed by atoms with Crippen molar-refractivity contribution in [1.29, 1.82) is 0 Å². The lowest BCUT2D eigenvalue weighted by molar-refractivity contribution is 0.0526. The van der Waals surface area contributed by atoms with Gasteiger partial charge in [0.2, 0.25) is 0 Å². The average Bonchev–Trinajstić information content (AvgIpc) is 2.79. The van der Waals surface area contributed by atoms with Crippen LogP contribution in [0.4, 0.5) is 5.69 Å². The van der Waals surface area contributed by atoms with Crippen molar-refractivity contribution >= 4 is 11.7 Å². The Hall–Kier alpha value is -2.73. The number of rotatable bonds is 8. The number of carbonyl (C=O) groups is 1. The van der Waals surface area contributed by atoms with Crippen LogP contribution in [-0.2, 0) is 10.2 Å². The predicted molar refractivity (Wildman–Crippen MR) is 133 cm³/mol. The maximum absolute atomic E-state index is 11.8. The molecule has 0 atom stereocenters. The first-order valence-electron chi connectivity index (χ1n) is 12.1. The molecule has 0 fully saturated rings. The van der Waals surface area contributed by atoms with Crippen molar-refractivity contribution in [3.8, 4) is 11.8 Å². The normalized spacial score (nSPS) is 14.3. The highest BCUT2D eigenvalue weighted by Crippen LogP contribution is 2.40. The summed E-state index contributed by atoms with van der Waals surface area (Å²) in [6, 6.07) is 14.0. The molecular weight excluding hydrogens is 394 g/mol. The molecule has 32 heavy (non-hydrogen) atoms. The second-order valence-electron chi connectivity index (χ2n) is 9.31. The number of hydrogen-bond acceptors (Lipinski definition) is 3. The molecule has 3 nitrogen and oxygen atoms in total. The first kappa shape index (κ1) is 23.9. The zero-order valence-corrected chi connectivity index (χ0v) is 20.2. The van der Waals surface area contributed by atoms with Crippen LogP contribution in [0, 0.1) is 11.8 Å². The van der Waals surface area contributed by atoms with E-state index < -0.39 is 0 Å². The maximum Gasteiger partial charge on any atom is 0.338 e. The number of unbranched alkanes of at least 4 members (excludes halogenated alkanes) is 4. The van der Waals surface area contributed by atoms with Crippen molar-refractivity contribution < 1.29 is 9.53 Å². The minimum Gasteiger partial charge on any atom is -0.462 e. The Bertz CT molecular complexity index is 963. The van der Waals surface area contributed by atoms with E-state index in [1.54, 1.807) is 12.1 Å². The van der Waals surface area contributed by atoms with Gasteiger partial charge in [-0.3, -0.25) is 0 Å². The van der Waals surface area contributed by atoms with Crippen molar-refractivity contribution in [2.45, 2.75) is 71.6 Å². The third kappa shape index (κ3) is 6.16. The molecule has 2 aromatic rings. The van der Waals surface area contributed by atoms with Crippen LogP contribution in [-0.4, -0.2) is 25.7 Å². The molecule has 2 aromatic carbocycles. The predicted octanol–water partition coefficient (Wildman–Crippen LogP) is 6.72. The molecule has 0 saturated heterocycles. The molecule has 170 valence electrons. The van der Waals surface area contributed by atoms with Crippen LogP contribution < -0.4 is 4.90 Å². The highest BCUT2D eigenvalue weighted by Gasteiger charge is 2.31. The Labute approximate surface area is 194 Å². The minimum atomic E-state index is -0.293. The second-order valence-corrected chi connectivity index (χ2v) is 9.31. The number of anilines is 1. The molecule has 3 heteroatoms. The molecular formula is C29H37NO2. The van der Waals surface area contributed by atoms with Crippen molar-refractivity contribution in [3.05, 3.63) is 64.7 Å². The molecule has 0 unspecified atom stereocenters. The van der Waals surface area contributed by atoms with Gasteiger partial charge in [-0.1, -0.05) is 58.3 Å². The van der Waals surface area contributed by atoms with E-state index in [4.69, 9.17) is 4.74 Å². The Balaban J connectivity index is 1.73. The molecule has 0 amide bonds. The van der Waals surface area contributed by atoms with E-state index in [9.17, 15) is 4.79 Å². The first-order chi connectivity index (χ1) is 15.4. The molecule has 1 aliphatic heterocycles. The number of fused-ring (bicyclic) bond motifs is 1. The highest BCUT2D eigenvalue weighted by molar-refractivity contribution is 5.89. The standard InChI is InChI=1S/C29H37NO2/c1-5-7-8-9-10-20-30-21-19-29(3,4)26-22-24(15-18-27(26)30)12-11-23-13-16-25(17-14-23)28(31)32-6-2/h13-18,22H,5-10,19-21H2,1-4H3. The Kier molecular flexibility index (Phi) is 8.39. The van der Waals surface area contributed by atoms with E-state index in [0.29, 0.717) is 12.2 Å². The van der Waals surface area contributed by atoms with Gasteiger partial charge in [0.25, 0.3) is 0 Å². The van der Waals surface area contributed by atoms with E-state index in [1.165, 1.54) is 49.8 Å². The SMILES string of the molecule is CCCCCCCN1CCC(C)(C)c2cc(C#Cc3ccc(C(=O)OCC)cc3)ccc21. The van der Waals surface area contributed by atoms with E-state index in [-0.39, 0.29) is 11.4 Å². The highest BCUT2D eigenvalue weighted by atomic mass is 16.5. The van der Waals surface area contributed by atoms with Crippen LogP contribution in [0.2, 0.25) is 0 Å². The number of carbonyl (C=O) groups excluding carboxylic acids is 1. The molecule has 1 heterocycles. The van der Waals surface area contributed by atoms with Crippen LogP contribution >= 0.6 is 0 Å². The second kappa shape index (κ2) is 11.2.